The van der Waals surface area contributed by atoms with Gasteiger partial charge >= 0.3 is 0 Å². The highest BCUT2D eigenvalue weighted by Crippen LogP contribution is 2.23. The van der Waals surface area contributed by atoms with E-state index < -0.39 is 8.07 Å². The third-order valence-electron chi connectivity index (χ3n) is 6.37. The molecule has 178 valence electrons. The van der Waals surface area contributed by atoms with Crippen LogP contribution in [-0.4, -0.2) is 24.6 Å². The predicted molar refractivity (Wildman–Crippen MR) is 141 cm³/mol. The van der Waals surface area contributed by atoms with Crippen LogP contribution < -0.4 is 4.74 Å². The zero-order chi connectivity index (χ0) is 23.1. The van der Waals surface area contributed by atoms with E-state index in [1.54, 1.807) is 0 Å². The minimum absolute atomic E-state index is 0.813. The molecular formula is C28H46N2OSi. The Morgan fingerprint density at radius 3 is 2.00 bits per heavy atom. The van der Waals surface area contributed by atoms with Crippen LogP contribution in [0, 0.1) is 0 Å². The van der Waals surface area contributed by atoms with Crippen molar-refractivity contribution in [1.29, 1.82) is 0 Å². The van der Waals surface area contributed by atoms with E-state index in [2.05, 4.69) is 61.2 Å². The predicted octanol–water partition coefficient (Wildman–Crippen LogP) is 8.71. The first-order chi connectivity index (χ1) is 15.5. The molecule has 0 amide bonds. The van der Waals surface area contributed by atoms with Crippen molar-refractivity contribution >= 4 is 8.07 Å². The molecule has 0 saturated heterocycles. The van der Waals surface area contributed by atoms with Gasteiger partial charge in [-0.2, -0.15) is 0 Å². The molecule has 0 aliphatic rings. The molecule has 0 spiro atoms. The molecule has 1 aromatic carbocycles. The number of nitrogens with zero attached hydrogens (tertiary/aromatic N) is 2. The molecule has 1 heterocycles. The van der Waals surface area contributed by atoms with Crippen LogP contribution in [0.3, 0.4) is 0 Å². The van der Waals surface area contributed by atoms with Crippen molar-refractivity contribution in [2.75, 3.05) is 6.61 Å². The Labute approximate surface area is 198 Å². The zero-order valence-corrected chi connectivity index (χ0v) is 22.2. The topological polar surface area (TPSA) is 35.0 Å². The van der Waals surface area contributed by atoms with Gasteiger partial charge in [0.25, 0.3) is 0 Å². The molecule has 2 aromatic rings. The van der Waals surface area contributed by atoms with Crippen LogP contribution in [0.15, 0.2) is 36.7 Å². The van der Waals surface area contributed by atoms with E-state index >= 15 is 0 Å². The van der Waals surface area contributed by atoms with Crippen molar-refractivity contribution < 1.29 is 4.74 Å². The highest BCUT2D eigenvalue weighted by Gasteiger charge is 2.18. The van der Waals surface area contributed by atoms with Crippen molar-refractivity contribution in [3.8, 4) is 16.9 Å². The summed E-state index contributed by atoms with van der Waals surface area (Å²) in [5.74, 6) is 1.92. The number of ether oxygens (including phenoxy) is 1. The van der Waals surface area contributed by atoms with Crippen LogP contribution in [-0.2, 0) is 6.42 Å². The molecule has 0 saturated carbocycles. The number of hydrogen-bond donors (Lipinski definition) is 0. The van der Waals surface area contributed by atoms with Crippen molar-refractivity contribution in [2.24, 2.45) is 0 Å². The number of rotatable bonds is 17. The Bertz CT molecular complexity index is 728. The summed E-state index contributed by atoms with van der Waals surface area (Å²) in [6.45, 7) is 10.4. The lowest BCUT2D eigenvalue weighted by Crippen LogP contribution is -2.24. The molecule has 0 unspecified atom stereocenters. The fourth-order valence-corrected chi connectivity index (χ4v) is 6.88. The summed E-state index contributed by atoms with van der Waals surface area (Å²) in [7, 11) is -0.985. The smallest absolute Gasteiger partial charge is 0.128 e. The van der Waals surface area contributed by atoms with Crippen LogP contribution >= 0.6 is 0 Å². The molecule has 1 aromatic heterocycles. The number of hydrogen-bond acceptors (Lipinski definition) is 3. The average molecular weight is 455 g/mol. The summed E-state index contributed by atoms with van der Waals surface area (Å²) in [4.78, 5) is 9.16. The summed E-state index contributed by atoms with van der Waals surface area (Å²) < 4.78 is 5.98. The molecule has 3 nitrogen and oxygen atoms in total. The van der Waals surface area contributed by atoms with Gasteiger partial charge in [0.05, 0.1) is 6.61 Å². The lowest BCUT2D eigenvalue weighted by Gasteiger charge is -2.21. The SMILES string of the molecule is CCCCCCCCc1ncc(-c2ccc(OCCCC[Si](C)(C)CCCC)cc2)cn1. The molecule has 0 aliphatic carbocycles. The molecule has 0 aliphatic heterocycles. The van der Waals surface area contributed by atoms with Gasteiger partial charge in [-0.1, -0.05) is 103 Å². The maximum atomic E-state index is 5.98. The van der Waals surface area contributed by atoms with E-state index in [9.17, 15) is 0 Å². The van der Waals surface area contributed by atoms with Crippen LogP contribution in [0.2, 0.25) is 25.2 Å². The number of benzene rings is 1. The van der Waals surface area contributed by atoms with Crippen LogP contribution in [0.1, 0.15) is 83.9 Å². The standard InChI is InChI=1S/C28H46N2OSi/c1-5-7-9-10-11-12-15-28-29-23-26(24-30-28)25-16-18-27(19-17-25)31-20-13-14-22-32(3,4)21-8-6-2/h16-19,23-24H,5-15,20-22H2,1-4H3. The van der Waals surface area contributed by atoms with E-state index in [4.69, 9.17) is 4.74 Å². The summed E-state index contributed by atoms with van der Waals surface area (Å²) in [6.07, 6.45) is 17.9. The van der Waals surface area contributed by atoms with Gasteiger partial charge in [0, 0.05) is 32.5 Å². The van der Waals surface area contributed by atoms with Gasteiger partial charge in [0.1, 0.15) is 11.6 Å². The van der Waals surface area contributed by atoms with Gasteiger partial charge in [-0.25, -0.2) is 9.97 Å². The molecule has 32 heavy (non-hydrogen) atoms. The van der Waals surface area contributed by atoms with E-state index in [0.29, 0.717) is 0 Å². The van der Waals surface area contributed by atoms with Gasteiger partial charge in [0.2, 0.25) is 0 Å². The summed E-state index contributed by atoms with van der Waals surface area (Å²) in [5.41, 5.74) is 2.22. The number of aryl methyl sites for hydroxylation is 1. The molecule has 0 radical (unpaired) electrons. The van der Waals surface area contributed by atoms with Crippen LogP contribution in [0.25, 0.3) is 11.1 Å². The first kappa shape index (κ1) is 26.6. The lowest BCUT2D eigenvalue weighted by atomic mass is 10.1. The van der Waals surface area contributed by atoms with E-state index in [-0.39, 0.29) is 0 Å². The first-order valence-corrected chi connectivity index (χ1v) is 16.5. The maximum Gasteiger partial charge on any atom is 0.128 e. The zero-order valence-electron chi connectivity index (χ0n) is 21.2. The Hall–Kier alpha value is -1.68. The fraction of sp³-hybridized carbons (Fsp3) is 0.643. The van der Waals surface area contributed by atoms with Gasteiger partial charge in [-0.3, -0.25) is 0 Å². The third kappa shape index (κ3) is 10.8. The molecule has 0 N–H and O–H groups in total. The molecule has 0 fully saturated rings. The number of aromatic nitrogens is 2. The first-order valence-electron chi connectivity index (χ1n) is 13.1. The van der Waals surface area contributed by atoms with E-state index in [1.165, 1.54) is 69.9 Å². The largest absolute Gasteiger partial charge is 0.494 e. The minimum atomic E-state index is -0.985. The second-order valence-electron chi connectivity index (χ2n) is 10.0. The van der Waals surface area contributed by atoms with Crippen molar-refractivity contribution in [2.45, 2.75) is 110 Å². The highest BCUT2D eigenvalue weighted by atomic mass is 28.3. The van der Waals surface area contributed by atoms with Gasteiger partial charge < -0.3 is 4.74 Å². The lowest BCUT2D eigenvalue weighted by molar-refractivity contribution is 0.309. The molecule has 0 atom stereocenters. The highest BCUT2D eigenvalue weighted by molar-refractivity contribution is 6.77. The quantitative estimate of drug-likeness (QED) is 0.177. The third-order valence-corrected chi connectivity index (χ3v) is 9.78. The second kappa shape index (κ2) is 15.2. The Balaban J connectivity index is 1.68. The molecule has 2 rings (SSSR count). The summed E-state index contributed by atoms with van der Waals surface area (Å²) in [6, 6.07) is 11.3. The Morgan fingerprint density at radius 1 is 0.688 bits per heavy atom. The molecule has 4 heteroatoms. The molecule has 0 bridgehead atoms. The monoisotopic (exact) mass is 454 g/mol. The van der Waals surface area contributed by atoms with Crippen molar-refractivity contribution in [1.82, 2.24) is 9.97 Å². The minimum Gasteiger partial charge on any atom is -0.494 e. The Kier molecular flexibility index (Phi) is 12.6. The summed E-state index contributed by atoms with van der Waals surface area (Å²) in [5, 5.41) is 0. The second-order valence-corrected chi connectivity index (χ2v) is 15.3. The average Bonchev–Trinajstić information content (AvgIpc) is 2.80. The molecular weight excluding hydrogens is 408 g/mol. The maximum absolute atomic E-state index is 5.98. The van der Waals surface area contributed by atoms with Gasteiger partial charge in [-0.05, 0) is 30.5 Å². The van der Waals surface area contributed by atoms with Crippen molar-refractivity contribution in [3.63, 3.8) is 0 Å². The number of unbranched alkanes of at least 4 members (excludes halogenated alkanes) is 7. The fourth-order valence-electron chi connectivity index (χ4n) is 4.12. The van der Waals surface area contributed by atoms with Crippen LogP contribution in [0.5, 0.6) is 5.75 Å². The van der Waals surface area contributed by atoms with E-state index in [1.807, 2.05) is 12.4 Å². The van der Waals surface area contributed by atoms with E-state index in [0.717, 1.165) is 42.1 Å². The van der Waals surface area contributed by atoms with Gasteiger partial charge in [-0.15, -0.1) is 0 Å². The normalized spacial score (nSPS) is 11.6. The summed E-state index contributed by atoms with van der Waals surface area (Å²) >= 11 is 0. The Morgan fingerprint density at radius 2 is 1.31 bits per heavy atom. The van der Waals surface area contributed by atoms with Crippen LogP contribution in [0.4, 0.5) is 0 Å². The van der Waals surface area contributed by atoms with Crippen molar-refractivity contribution in [3.05, 3.63) is 42.5 Å². The van der Waals surface area contributed by atoms with Gasteiger partial charge in [0.15, 0.2) is 0 Å².